The summed E-state index contributed by atoms with van der Waals surface area (Å²) in [6, 6.07) is 17.2. The second-order valence-electron chi connectivity index (χ2n) is 11.7. The number of aryl methyl sites for hydroxylation is 2. The Morgan fingerprint density at radius 2 is 1.28 bits per heavy atom. The normalized spacial score (nSPS) is 17.1. The van der Waals surface area contributed by atoms with Crippen LogP contribution >= 0.6 is 0 Å². The molecule has 0 radical (unpaired) electrons. The van der Waals surface area contributed by atoms with Gasteiger partial charge in [-0.05, 0) is 86.1 Å². The van der Waals surface area contributed by atoms with Crippen molar-refractivity contribution in [2.75, 3.05) is 0 Å². The number of esters is 1. The van der Waals surface area contributed by atoms with Crippen LogP contribution in [0.1, 0.15) is 145 Å². The first-order valence-electron chi connectivity index (χ1n) is 16.0. The summed E-state index contributed by atoms with van der Waals surface area (Å²) in [6.45, 7) is 4.50. The minimum Gasteiger partial charge on any atom is -0.425 e. The molecule has 39 heavy (non-hydrogen) atoms. The summed E-state index contributed by atoms with van der Waals surface area (Å²) in [6.07, 6.45) is 21.4. The third-order valence-corrected chi connectivity index (χ3v) is 8.52. The molecule has 0 bridgehead atoms. The van der Waals surface area contributed by atoms with Crippen LogP contribution in [0.5, 0.6) is 5.75 Å². The molecule has 1 aliphatic carbocycles. The van der Waals surface area contributed by atoms with Crippen LogP contribution in [0.15, 0.2) is 42.5 Å². The monoisotopic (exact) mass is 529 g/mol. The van der Waals surface area contributed by atoms with Crippen molar-refractivity contribution in [1.82, 2.24) is 0 Å². The third-order valence-electron chi connectivity index (χ3n) is 8.52. The molecule has 1 saturated carbocycles. The molecular weight excluding hydrogens is 478 g/mol. The lowest BCUT2D eigenvalue weighted by Crippen LogP contribution is -2.25. The van der Waals surface area contributed by atoms with Crippen molar-refractivity contribution < 1.29 is 9.53 Å². The molecule has 0 atom stereocenters. The summed E-state index contributed by atoms with van der Waals surface area (Å²) in [4.78, 5) is 13.0. The number of carbonyl (C=O) groups excluding carboxylic acids is 1. The van der Waals surface area contributed by atoms with E-state index in [2.05, 4.69) is 44.2 Å². The Hall–Kier alpha value is -2.60. The lowest BCUT2D eigenvalue weighted by molar-refractivity contribution is -0.140. The Kier molecular flexibility index (Phi) is 14.2. The highest BCUT2D eigenvalue weighted by atomic mass is 16.5. The maximum absolute atomic E-state index is 13.0. The lowest BCUT2D eigenvalue weighted by Gasteiger charge is -2.27. The predicted octanol–water partition coefficient (Wildman–Crippen LogP) is 10.2. The van der Waals surface area contributed by atoms with Crippen molar-refractivity contribution in [2.24, 2.45) is 5.92 Å². The molecular formula is C36H51NO2. The van der Waals surface area contributed by atoms with Crippen LogP contribution in [0.25, 0.3) is 0 Å². The number of benzene rings is 2. The SMILES string of the molecule is CCCCCCCCc1ccc(C2CCC(C(=O)Oc3ccc(CCCCCCCC)cc3C#N)CC2)cc1. The number of unbranched alkanes of at least 4 members (excludes halogenated alkanes) is 10. The average Bonchev–Trinajstić information content (AvgIpc) is 2.97. The lowest BCUT2D eigenvalue weighted by atomic mass is 9.78. The summed E-state index contributed by atoms with van der Waals surface area (Å²) in [5.74, 6) is 0.677. The van der Waals surface area contributed by atoms with E-state index in [0.29, 0.717) is 17.2 Å². The van der Waals surface area contributed by atoms with Gasteiger partial charge >= 0.3 is 5.97 Å². The van der Waals surface area contributed by atoms with Crippen LogP contribution in [0, 0.1) is 17.2 Å². The molecule has 3 heteroatoms. The molecule has 2 aromatic carbocycles. The van der Waals surface area contributed by atoms with Gasteiger partial charge in [-0.2, -0.15) is 5.26 Å². The first kappa shape index (κ1) is 30.9. The van der Waals surface area contributed by atoms with E-state index in [4.69, 9.17) is 4.74 Å². The Balaban J connectivity index is 1.41. The fourth-order valence-electron chi connectivity index (χ4n) is 5.94. The summed E-state index contributed by atoms with van der Waals surface area (Å²) in [5, 5.41) is 9.67. The average molecular weight is 530 g/mol. The van der Waals surface area contributed by atoms with E-state index in [0.717, 1.165) is 44.1 Å². The van der Waals surface area contributed by atoms with Gasteiger partial charge in [0.25, 0.3) is 0 Å². The molecule has 212 valence electrons. The Morgan fingerprint density at radius 3 is 1.87 bits per heavy atom. The summed E-state index contributed by atoms with van der Waals surface area (Å²) < 4.78 is 5.76. The molecule has 3 nitrogen and oxygen atoms in total. The molecule has 0 aromatic heterocycles. The number of hydrogen-bond donors (Lipinski definition) is 0. The van der Waals surface area contributed by atoms with Gasteiger partial charge in [0.2, 0.25) is 0 Å². The number of nitrogens with zero attached hydrogens (tertiary/aromatic N) is 1. The molecule has 0 aliphatic heterocycles. The largest absolute Gasteiger partial charge is 0.425 e. The molecule has 0 saturated heterocycles. The number of ether oxygens (including phenoxy) is 1. The smallest absolute Gasteiger partial charge is 0.314 e. The molecule has 1 fully saturated rings. The molecule has 0 spiro atoms. The first-order valence-corrected chi connectivity index (χ1v) is 16.0. The molecule has 0 N–H and O–H groups in total. The molecule has 3 rings (SSSR count). The zero-order chi connectivity index (χ0) is 27.7. The maximum Gasteiger partial charge on any atom is 0.314 e. The number of rotatable bonds is 17. The van der Waals surface area contributed by atoms with Crippen LogP contribution in [-0.4, -0.2) is 5.97 Å². The van der Waals surface area contributed by atoms with Crippen LogP contribution < -0.4 is 4.74 Å². The van der Waals surface area contributed by atoms with Gasteiger partial charge < -0.3 is 4.74 Å². The van der Waals surface area contributed by atoms with E-state index in [1.165, 1.54) is 88.2 Å². The fraction of sp³-hybridized carbons (Fsp3) is 0.611. The first-order chi connectivity index (χ1) is 19.1. The van der Waals surface area contributed by atoms with E-state index < -0.39 is 0 Å². The van der Waals surface area contributed by atoms with Gasteiger partial charge in [-0.1, -0.05) is 108 Å². The predicted molar refractivity (Wildman–Crippen MR) is 162 cm³/mol. The highest BCUT2D eigenvalue weighted by molar-refractivity contribution is 5.76. The van der Waals surface area contributed by atoms with Crippen molar-refractivity contribution in [1.29, 1.82) is 5.26 Å². The van der Waals surface area contributed by atoms with E-state index in [1.54, 1.807) is 0 Å². The van der Waals surface area contributed by atoms with Gasteiger partial charge in [-0.3, -0.25) is 4.79 Å². The second kappa shape index (κ2) is 17.9. The van der Waals surface area contributed by atoms with Crippen molar-refractivity contribution in [2.45, 2.75) is 135 Å². The summed E-state index contributed by atoms with van der Waals surface area (Å²) in [7, 11) is 0. The standard InChI is InChI=1S/C36H51NO2/c1-3-5-7-9-11-13-15-29-17-20-31(21-18-29)32-22-24-33(25-23-32)36(38)39-35-26-19-30(27-34(35)28-37)16-14-12-10-8-6-4-2/h17-21,26-27,32-33H,3-16,22-25H2,1-2H3. The van der Waals surface area contributed by atoms with Crippen LogP contribution in [0.4, 0.5) is 0 Å². The highest BCUT2D eigenvalue weighted by Crippen LogP contribution is 2.37. The summed E-state index contributed by atoms with van der Waals surface area (Å²) in [5.41, 5.74) is 4.47. The highest BCUT2D eigenvalue weighted by Gasteiger charge is 2.29. The van der Waals surface area contributed by atoms with Gasteiger partial charge in [0.15, 0.2) is 0 Å². The van der Waals surface area contributed by atoms with Crippen LogP contribution in [0.2, 0.25) is 0 Å². The van der Waals surface area contributed by atoms with Crippen molar-refractivity contribution in [3.05, 3.63) is 64.7 Å². The van der Waals surface area contributed by atoms with Crippen molar-refractivity contribution in [3.63, 3.8) is 0 Å². The van der Waals surface area contributed by atoms with Crippen LogP contribution in [0.3, 0.4) is 0 Å². The minimum atomic E-state index is -0.178. The zero-order valence-electron chi connectivity index (χ0n) is 24.7. The zero-order valence-corrected chi connectivity index (χ0v) is 24.7. The van der Waals surface area contributed by atoms with Crippen LogP contribution in [-0.2, 0) is 17.6 Å². The van der Waals surface area contributed by atoms with Gasteiger partial charge in [0, 0.05) is 0 Å². The minimum absolute atomic E-state index is 0.0810. The molecule has 0 heterocycles. The molecule has 2 aromatic rings. The van der Waals surface area contributed by atoms with Gasteiger partial charge in [-0.15, -0.1) is 0 Å². The Morgan fingerprint density at radius 1 is 0.744 bits per heavy atom. The molecule has 1 aliphatic rings. The number of hydrogen-bond acceptors (Lipinski definition) is 3. The topological polar surface area (TPSA) is 50.1 Å². The van der Waals surface area contributed by atoms with Gasteiger partial charge in [-0.25, -0.2) is 0 Å². The van der Waals surface area contributed by atoms with Gasteiger partial charge in [0.1, 0.15) is 11.8 Å². The van der Waals surface area contributed by atoms with Crippen molar-refractivity contribution in [3.8, 4) is 11.8 Å². The summed E-state index contributed by atoms with van der Waals surface area (Å²) >= 11 is 0. The van der Waals surface area contributed by atoms with Crippen molar-refractivity contribution >= 4 is 5.97 Å². The number of nitriles is 1. The van der Waals surface area contributed by atoms with E-state index in [1.807, 2.05) is 18.2 Å². The van der Waals surface area contributed by atoms with E-state index in [9.17, 15) is 10.1 Å². The molecule has 0 amide bonds. The fourth-order valence-corrected chi connectivity index (χ4v) is 5.94. The quantitative estimate of drug-likeness (QED) is 0.116. The van der Waals surface area contributed by atoms with Gasteiger partial charge in [0.05, 0.1) is 11.5 Å². The third kappa shape index (κ3) is 10.8. The van der Waals surface area contributed by atoms with E-state index in [-0.39, 0.29) is 11.9 Å². The molecule has 0 unspecified atom stereocenters. The number of carbonyl (C=O) groups is 1. The Bertz CT molecular complexity index is 1010. The maximum atomic E-state index is 13.0. The van der Waals surface area contributed by atoms with E-state index >= 15 is 0 Å². The second-order valence-corrected chi connectivity index (χ2v) is 11.7. The Labute approximate surface area is 238 Å².